The highest BCUT2D eigenvalue weighted by molar-refractivity contribution is 5.80. The zero-order chi connectivity index (χ0) is 54.7. The minimum absolute atomic E-state index is 0.265. The summed E-state index contributed by atoms with van der Waals surface area (Å²) in [5, 5.41) is 76.3. The van der Waals surface area contributed by atoms with Crippen molar-refractivity contribution in [3.63, 3.8) is 0 Å². The zero-order valence-corrected chi connectivity index (χ0v) is 49.1. The Morgan fingerprint density at radius 1 is 0.453 bits per heavy atom. The van der Waals surface area contributed by atoms with E-state index in [-0.39, 0.29) is 6.42 Å². The second-order valence-electron chi connectivity index (χ2n) is 23.2. The van der Waals surface area contributed by atoms with Crippen molar-refractivity contribution in [3.8, 4) is 0 Å². The Hall–Kier alpha value is -1.15. The molecule has 0 bridgehead atoms. The predicted molar refractivity (Wildman–Crippen MR) is 312 cm³/mol. The molecule has 446 valence electrons. The number of hydrogen-bond acceptors (Lipinski definition) is 10. The fourth-order valence-electron chi connectivity index (χ4n) is 10.8. The number of aliphatic hydroxyl groups is 7. The molecule has 0 radical (unpaired) electrons. The lowest BCUT2D eigenvalue weighted by atomic mass is 9.98. The van der Waals surface area contributed by atoms with Crippen LogP contribution >= 0.6 is 0 Å². The average molecular weight is 1070 g/mol. The molecule has 0 aliphatic carbocycles. The number of nitrogens with one attached hydrogen (secondary N) is 1. The SMILES string of the molecule is CCCCCCCCCCCCCC/C=C\CCCCCCCCCCCCCCCCCCC(O)C(=O)NC(COC1OC(CO)C(O)C(O)C1O)C(O)C(O)CCCCCCCCCCCCCCCCCC. The summed E-state index contributed by atoms with van der Waals surface area (Å²) in [6.45, 7) is 3.50. The average Bonchev–Trinajstić information content (AvgIpc) is 3.41. The second-order valence-corrected chi connectivity index (χ2v) is 23.2. The van der Waals surface area contributed by atoms with Gasteiger partial charge in [-0.2, -0.15) is 0 Å². The summed E-state index contributed by atoms with van der Waals surface area (Å²) in [5.41, 5.74) is 0. The number of ether oxygens (including phenoxy) is 2. The Bertz CT molecular complexity index is 1220. The standard InChI is InChI=1S/C64H125NO10/c1-3-5-7-9-11-13-15-17-19-21-22-23-24-25-26-27-28-29-30-31-32-33-34-35-36-38-40-42-44-46-48-50-52-57(68)63(73)65-55(54-74-64-62(72)61(71)60(70)58(53-66)75-64)59(69)56(67)51-49-47-45-43-41-39-37-20-18-16-14-12-10-8-6-4-2/h25-26,55-62,64,66-72H,3-24,27-54H2,1-2H3,(H,65,73)/b26-25-. The lowest BCUT2D eigenvalue weighted by molar-refractivity contribution is -0.303. The first-order chi connectivity index (χ1) is 36.7. The van der Waals surface area contributed by atoms with E-state index in [1.165, 1.54) is 244 Å². The molecule has 1 aliphatic heterocycles. The molecule has 1 fully saturated rings. The maximum absolute atomic E-state index is 13.2. The van der Waals surface area contributed by atoms with E-state index in [1.54, 1.807) is 0 Å². The number of unbranched alkanes of at least 4 members (excludes halogenated alkanes) is 43. The van der Waals surface area contributed by atoms with E-state index in [2.05, 4.69) is 31.3 Å². The van der Waals surface area contributed by atoms with Gasteiger partial charge in [0.25, 0.3) is 0 Å². The molecule has 0 aromatic carbocycles. The highest BCUT2D eigenvalue weighted by atomic mass is 16.7. The van der Waals surface area contributed by atoms with Gasteiger partial charge < -0.3 is 50.5 Å². The Morgan fingerprint density at radius 2 is 0.773 bits per heavy atom. The molecule has 1 rings (SSSR count). The van der Waals surface area contributed by atoms with Crippen LogP contribution in [-0.2, 0) is 14.3 Å². The third kappa shape index (κ3) is 41.5. The van der Waals surface area contributed by atoms with Crippen molar-refractivity contribution in [2.45, 2.75) is 377 Å². The van der Waals surface area contributed by atoms with Gasteiger partial charge in [-0.1, -0.05) is 296 Å². The maximum atomic E-state index is 13.2. The molecule has 1 amide bonds. The predicted octanol–water partition coefficient (Wildman–Crippen LogP) is 14.7. The summed E-state index contributed by atoms with van der Waals surface area (Å²) < 4.78 is 11.2. The molecular weight excluding hydrogens is 943 g/mol. The smallest absolute Gasteiger partial charge is 0.249 e. The van der Waals surface area contributed by atoms with Crippen LogP contribution in [0.5, 0.6) is 0 Å². The van der Waals surface area contributed by atoms with Crippen molar-refractivity contribution in [2.75, 3.05) is 13.2 Å². The monoisotopic (exact) mass is 1070 g/mol. The lowest BCUT2D eigenvalue weighted by Gasteiger charge is -2.40. The molecule has 1 heterocycles. The number of carbonyl (C=O) groups is 1. The first-order valence-electron chi connectivity index (χ1n) is 32.6. The third-order valence-corrected chi connectivity index (χ3v) is 16.1. The van der Waals surface area contributed by atoms with Crippen LogP contribution in [0.3, 0.4) is 0 Å². The fourth-order valence-corrected chi connectivity index (χ4v) is 10.8. The van der Waals surface area contributed by atoms with Crippen molar-refractivity contribution in [3.05, 3.63) is 12.2 Å². The van der Waals surface area contributed by atoms with Crippen molar-refractivity contribution in [1.82, 2.24) is 5.32 Å². The molecule has 11 heteroatoms. The second kappa shape index (κ2) is 53.5. The number of allylic oxidation sites excluding steroid dienone is 2. The molecule has 11 nitrogen and oxygen atoms in total. The summed E-state index contributed by atoms with van der Waals surface area (Å²) in [6.07, 6.45) is 52.9. The van der Waals surface area contributed by atoms with Crippen LogP contribution in [0, 0.1) is 0 Å². The fraction of sp³-hybridized carbons (Fsp3) is 0.953. The summed E-state index contributed by atoms with van der Waals surface area (Å²) >= 11 is 0. The molecule has 1 aliphatic rings. The van der Waals surface area contributed by atoms with Gasteiger partial charge in [0.15, 0.2) is 6.29 Å². The van der Waals surface area contributed by atoms with Crippen LogP contribution < -0.4 is 5.32 Å². The quantitative estimate of drug-likeness (QED) is 0.0215. The van der Waals surface area contributed by atoms with E-state index in [9.17, 15) is 40.5 Å². The molecule has 0 aromatic rings. The molecule has 0 aromatic heterocycles. The van der Waals surface area contributed by atoms with Gasteiger partial charge in [-0.3, -0.25) is 4.79 Å². The number of aliphatic hydroxyl groups excluding tert-OH is 7. The largest absolute Gasteiger partial charge is 0.394 e. The summed E-state index contributed by atoms with van der Waals surface area (Å²) in [5.74, 6) is -0.690. The van der Waals surface area contributed by atoms with Gasteiger partial charge >= 0.3 is 0 Å². The molecule has 9 unspecified atom stereocenters. The Balaban J connectivity index is 2.18. The van der Waals surface area contributed by atoms with Gasteiger partial charge in [-0.25, -0.2) is 0 Å². The number of amides is 1. The Morgan fingerprint density at radius 3 is 1.12 bits per heavy atom. The minimum atomic E-state index is -1.66. The summed E-state index contributed by atoms with van der Waals surface area (Å²) in [6, 6.07) is -1.16. The molecule has 1 saturated heterocycles. The Labute approximate surface area is 462 Å². The van der Waals surface area contributed by atoms with Gasteiger partial charge in [-0.15, -0.1) is 0 Å². The third-order valence-electron chi connectivity index (χ3n) is 16.1. The first kappa shape index (κ1) is 71.9. The highest BCUT2D eigenvalue weighted by Crippen LogP contribution is 2.24. The molecule has 8 N–H and O–H groups in total. The molecule has 9 atom stereocenters. The van der Waals surface area contributed by atoms with Gasteiger partial charge in [0.1, 0.15) is 36.6 Å². The zero-order valence-electron chi connectivity index (χ0n) is 49.1. The number of rotatable bonds is 57. The van der Waals surface area contributed by atoms with E-state index in [0.29, 0.717) is 19.3 Å². The summed E-state index contributed by atoms with van der Waals surface area (Å²) in [4.78, 5) is 13.2. The molecule has 0 spiro atoms. The van der Waals surface area contributed by atoms with Gasteiger partial charge in [0.2, 0.25) is 5.91 Å². The van der Waals surface area contributed by atoms with E-state index in [0.717, 1.165) is 38.5 Å². The van der Waals surface area contributed by atoms with Crippen LogP contribution in [0.15, 0.2) is 12.2 Å². The number of carbonyl (C=O) groups excluding carboxylic acids is 1. The van der Waals surface area contributed by atoms with Crippen LogP contribution in [-0.4, -0.2) is 110 Å². The van der Waals surface area contributed by atoms with E-state index in [4.69, 9.17) is 9.47 Å². The van der Waals surface area contributed by atoms with Gasteiger partial charge in [0, 0.05) is 0 Å². The van der Waals surface area contributed by atoms with Gasteiger partial charge in [0.05, 0.1) is 25.4 Å². The molecule has 0 saturated carbocycles. The van der Waals surface area contributed by atoms with Crippen molar-refractivity contribution in [2.24, 2.45) is 0 Å². The molecule has 75 heavy (non-hydrogen) atoms. The van der Waals surface area contributed by atoms with Crippen LogP contribution in [0.2, 0.25) is 0 Å². The Kier molecular flexibility index (Phi) is 51.3. The van der Waals surface area contributed by atoms with E-state index < -0.39 is 74.2 Å². The van der Waals surface area contributed by atoms with Crippen LogP contribution in [0.4, 0.5) is 0 Å². The topological polar surface area (TPSA) is 189 Å². The first-order valence-corrected chi connectivity index (χ1v) is 32.6. The summed E-state index contributed by atoms with van der Waals surface area (Å²) in [7, 11) is 0. The van der Waals surface area contributed by atoms with Crippen LogP contribution in [0.1, 0.15) is 322 Å². The normalized spacial score (nSPS) is 19.7. The van der Waals surface area contributed by atoms with E-state index in [1.807, 2.05) is 0 Å². The van der Waals surface area contributed by atoms with Crippen LogP contribution in [0.25, 0.3) is 0 Å². The van der Waals surface area contributed by atoms with Crippen molar-refractivity contribution < 1.29 is 50.0 Å². The molecular formula is C64H125NO10. The lowest BCUT2D eigenvalue weighted by Crippen LogP contribution is -2.60. The van der Waals surface area contributed by atoms with Crippen molar-refractivity contribution >= 4 is 5.91 Å². The van der Waals surface area contributed by atoms with Crippen molar-refractivity contribution in [1.29, 1.82) is 0 Å². The maximum Gasteiger partial charge on any atom is 0.249 e. The van der Waals surface area contributed by atoms with Gasteiger partial charge in [-0.05, 0) is 38.5 Å². The minimum Gasteiger partial charge on any atom is -0.394 e. The number of hydrogen-bond donors (Lipinski definition) is 8. The highest BCUT2D eigenvalue weighted by Gasteiger charge is 2.44. The van der Waals surface area contributed by atoms with E-state index >= 15 is 0 Å².